The summed E-state index contributed by atoms with van der Waals surface area (Å²) in [5.41, 5.74) is 1.90. The summed E-state index contributed by atoms with van der Waals surface area (Å²) < 4.78 is 0. The van der Waals surface area contributed by atoms with Gasteiger partial charge in [0.1, 0.15) is 0 Å². The Morgan fingerprint density at radius 3 is 2.54 bits per heavy atom. The van der Waals surface area contributed by atoms with Gasteiger partial charge in [-0.2, -0.15) is 0 Å². The van der Waals surface area contributed by atoms with Gasteiger partial charge in [-0.15, -0.1) is 6.42 Å². The lowest BCUT2D eigenvalue weighted by molar-refractivity contribution is -0.114. The molecular weight excluding hydrogens is 356 g/mol. The van der Waals surface area contributed by atoms with Gasteiger partial charge in [-0.3, -0.25) is 14.4 Å². The van der Waals surface area contributed by atoms with Crippen LogP contribution in [0.1, 0.15) is 20.7 Å². The quantitative estimate of drug-likeness (QED) is 0.641. The van der Waals surface area contributed by atoms with Crippen LogP contribution in [0.3, 0.4) is 0 Å². The highest BCUT2D eigenvalue weighted by molar-refractivity contribution is 6.01. The SMILES string of the molecule is C#CCNC(=O)c1ccccc1NCC(=O)Nc1cccc(C(=O)N(C)C)c1. The summed E-state index contributed by atoms with van der Waals surface area (Å²) in [6.45, 7) is 0.0704. The van der Waals surface area contributed by atoms with Gasteiger partial charge < -0.3 is 20.9 Å². The van der Waals surface area contributed by atoms with Crippen molar-refractivity contribution < 1.29 is 14.4 Å². The zero-order chi connectivity index (χ0) is 20.5. The van der Waals surface area contributed by atoms with Gasteiger partial charge in [0.15, 0.2) is 0 Å². The second-order valence-corrected chi connectivity index (χ2v) is 6.11. The number of benzene rings is 2. The normalized spacial score (nSPS) is 9.75. The Morgan fingerprint density at radius 2 is 1.82 bits per heavy atom. The minimum atomic E-state index is -0.323. The van der Waals surface area contributed by atoms with Crippen molar-refractivity contribution in [2.24, 2.45) is 0 Å². The van der Waals surface area contributed by atoms with Crippen LogP contribution in [-0.4, -0.2) is 49.8 Å². The van der Waals surface area contributed by atoms with Gasteiger partial charge in [-0.25, -0.2) is 0 Å². The fourth-order valence-corrected chi connectivity index (χ4v) is 2.43. The van der Waals surface area contributed by atoms with E-state index in [2.05, 4.69) is 21.9 Å². The number of hydrogen-bond acceptors (Lipinski definition) is 4. The summed E-state index contributed by atoms with van der Waals surface area (Å²) in [6.07, 6.45) is 5.15. The van der Waals surface area contributed by atoms with E-state index in [9.17, 15) is 14.4 Å². The molecule has 0 bridgehead atoms. The van der Waals surface area contributed by atoms with Gasteiger partial charge in [-0.1, -0.05) is 24.1 Å². The Balaban J connectivity index is 2.00. The third kappa shape index (κ3) is 5.61. The van der Waals surface area contributed by atoms with Crippen molar-refractivity contribution in [2.75, 3.05) is 37.8 Å². The van der Waals surface area contributed by atoms with Crippen molar-refractivity contribution in [2.45, 2.75) is 0 Å². The Kier molecular flexibility index (Phi) is 7.17. The molecule has 7 nitrogen and oxygen atoms in total. The van der Waals surface area contributed by atoms with E-state index in [4.69, 9.17) is 6.42 Å². The number of nitrogens with zero attached hydrogens (tertiary/aromatic N) is 1. The monoisotopic (exact) mass is 378 g/mol. The fraction of sp³-hybridized carbons (Fsp3) is 0.190. The topological polar surface area (TPSA) is 90.5 Å². The molecule has 0 atom stereocenters. The first-order valence-electron chi connectivity index (χ1n) is 8.58. The van der Waals surface area contributed by atoms with Crippen LogP contribution >= 0.6 is 0 Å². The molecule has 0 aliphatic heterocycles. The first kappa shape index (κ1) is 20.5. The zero-order valence-corrected chi connectivity index (χ0v) is 15.8. The van der Waals surface area contributed by atoms with Gasteiger partial charge in [0.05, 0.1) is 18.7 Å². The molecule has 2 rings (SSSR count). The van der Waals surface area contributed by atoms with Crippen LogP contribution in [0.4, 0.5) is 11.4 Å². The Morgan fingerprint density at radius 1 is 1.07 bits per heavy atom. The van der Waals surface area contributed by atoms with Crippen molar-refractivity contribution in [3.63, 3.8) is 0 Å². The number of amides is 3. The van der Waals surface area contributed by atoms with E-state index in [0.29, 0.717) is 22.5 Å². The van der Waals surface area contributed by atoms with E-state index >= 15 is 0 Å². The number of anilines is 2. The average Bonchev–Trinajstić information content (AvgIpc) is 2.70. The van der Waals surface area contributed by atoms with Crippen LogP contribution in [0.25, 0.3) is 0 Å². The summed E-state index contributed by atoms with van der Waals surface area (Å²) in [7, 11) is 3.32. The van der Waals surface area contributed by atoms with Crippen molar-refractivity contribution >= 4 is 29.1 Å². The van der Waals surface area contributed by atoms with E-state index in [0.717, 1.165) is 0 Å². The third-order valence-electron chi connectivity index (χ3n) is 3.76. The second-order valence-electron chi connectivity index (χ2n) is 6.11. The molecule has 0 aromatic heterocycles. The van der Waals surface area contributed by atoms with Crippen LogP contribution < -0.4 is 16.0 Å². The highest BCUT2D eigenvalue weighted by atomic mass is 16.2. The molecule has 0 fully saturated rings. The molecule has 0 radical (unpaired) electrons. The lowest BCUT2D eigenvalue weighted by Crippen LogP contribution is -2.26. The molecule has 0 saturated carbocycles. The van der Waals surface area contributed by atoms with Gasteiger partial charge >= 0.3 is 0 Å². The molecule has 7 heteroatoms. The number of hydrogen-bond donors (Lipinski definition) is 3. The molecule has 0 unspecified atom stereocenters. The predicted molar refractivity (Wildman–Crippen MR) is 109 cm³/mol. The van der Waals surface area contributed by atoms with Crippen LogP contribution in [0.5, 0.6) is 0 Å². The maximum Gasteiger partial charge on any atom is 0.254 e. The maximum absolute atomic E-state index is 12.3. The number of rotatable bonds is 7. The molecule has 144 valence electrons. The van der Waals surface area contributed by atoms with E-state index in [1.165, 1.54) is 4.90 Å². The molecular formula is C21H22N4O3. The molecule has 2 aromatic rings. The lowest BCUT2D eigenvalue weighted by atomic mass is 10.1. The van der Waals surface area contributed by atoms with Crippen LogP contribution in [0.15, 0.2) is 48.5 Å². The molecule has 28 heavy (non-hydrogen) atoms. The molecule has 3 N–H and O–H groups in total. The molecule has 0 aliphatic rings. The first-order valence-corrected chi connectivity index (χ1v) is 8.58. The largest absolute Gasteiger partial charge is 0.376 e. The second kappa shape index (κ2) is 9.78. The Hall–Kier alpha value is -3.79. The Bertz CT molecular complexity index is 916. The molecule has 0 heterocycles. The van der Waals surface area contributed by atoms with Crippen LogP contribution in [0, 0.1) is 12.3 Å². The number of carbonyl (C=O) groups excluding carboxylic acids is 3. The molecule has 0 aliphatic carbocycles. The van der Waals surface area contributed by atoms with E-state index in [-0.39, 0.29) is 30.8 Å². The summed E-state index contributed by atoms with van der Waals surface area (Å²) in [4.78, 5) is 37.9. The smallest absolute Gasteiger partial charge is 0.254 e. The van der Waals surface area contributed by atoms with Crippen molar-refractivity contribution in [3.8, 4) is 12.3 Å². The first-order chi connectivity index (χ1) is 13.4. The van der Waals surface area contributed by atoms with E-state index < -0.39 is 0 Å². The molecule has 2 aromatic carbocycles. The van der Waals surface area contributed by atoms with Gasteiger partial charge in [0.25, 0.3) is 11.8 Å². The highest BCUT2D eigenvalue weighted by Gasteiger charge is 2.12. The summed E-state index contributed by atoms with van der Waals surface area (Å²) >= 11 is 0. The van der Waals surface area contributed by atoms with Crippen molar-refractivity contribution in [1.29, 1.82) is 0 Å². The predicted octanol–water partition coefficient (Wildman–Crippen LogP) is 1.80. The standard InChI is InChI=1S/C21H22N4O3/c1-4-12-22-20(27)17-10-5-6-11-18(17)23-14-19(26)24-16-9-7-8-15(13-16)21(28)25(2)3/h1,5-11,13,23H,12,14H2,2-3H3,(H,22,27)(H,24,26). The van der Waals surface area contributed by atoms with Gasteiger partial charge in [0.2, 0.25) is 5.91 Å². The minimum Gasteiger partial charge on any atom is -0.376 e. The van der Waals surface area contributed by atoms with Gasteiger partial charge in [0, 0.05) is 31.0 Å². The lowest BCUT2D eigenvalue weighted by Gasteiger charge is -2.13. The zero-order valence-electron chi connectivity index (χ0n) is 15.8. The summed E-state index contributed by atoms with van der Waals surface area (Å²) in [5, 5.41) is 8.27. The van der Waals surface area contributed by atoms with E-state index in [1.807, 2.05) is 0 Å². The number of para-hydroxylation sites is 1. The maximum atomic E-state index is 12.3. The van der Waals surface area contributed by atoms with Crippen molar-refractivity contribution in [1.82, 2.24) is 10.2 Å². The van der Waals surface area contributed by atoms with Crippen LogP contribution in [-0.2, 0) is 4.79 Å². The number of terminal acetylenes is 1. The summed E-state index contributed by atoms with van der Waals surface area (Å²) in [5.74, 6) is 1.55. The number of nitrogens with one attached hydrogen (secondary N) is 3. The minimum absolute atomic E-state index is 0.0503. The number of carbonyl (C=O) groups is 3. The summed E-state index contributed by atoms with van der Waals surface area (Å²) in [6, 6.07) is 13.5. The molecule has 0 spiro atoms. The molecule has 0 saturated heterocycles. The highest BCUT2D eigenvalue weighted by Crippen LogP contribution is 2.15. The van der Waals surface area contributed by atoms with Crippen LogP contribution in [0.2, 0.25) is 0 Å². The fourth-order valence-electron chi connectivity index (χ4n) is 2.43. The third-order valence-corrected chi connectivity index (χ3v) is 3.76. The average molecular weight is 378 g/mol. The Labute approximate surface area is 164 Å². The van der Waals surface area contributed by atoms with Crippen molar-refractivity contribution in [3.05, 3.63) is 59.7 Å². The van der Waals surface area contributed by atoms with E-state index in [1.54, 1.807) is 62.6 Å². The molecule has 3 amide bonds. The van der Waals surface area contributed by atoms with Gasteiger partial charge in [-0.05, 0) is 30.3 Å².